The van der Waals surface area contributed by atoms with Crippen LogP contribution in [0, 0.1) is 0 Å². The van der Waals surface area contributed by atoms with Crippen molar-refractivity contribution >= 4 is 0 Å². The van der Waals surface area contributed by atoms with Gasteiger partial charge in [0.2, 0.25) is 0 Å². The van der Waals surface area contributed by atoms with E-state index < -0.39 is 0 Å². The fourth-order valence-electron chi connectivity index (χ4n) is 2.58. The molecule has 0 aromatic carbocycles. The van der Waals surface area contributed by atoms with Crippen LogP contribution in [-0.2, 0) is 4.74 Å². The highest BCUT2D eigenvalue weighted by molar-refractivity contribution is 5.11. The lowest BCUT2D eigenvalue weighted by Gasteiger charge is -2.39. The smallest absolute Gasteiger partial charge is 0.0700 e. The average Bonchev–Trinajstić information content (AvgIpc) is 2.40. The molecule has 4 nitrogen and oxygen atoms in total. The van der Waals surface area contributed by atoms with Crippen LogP contribution in [0.1, 0.15) is 32.0 Å². The highest BCUT2D eigenvalue weighted by Gasteiger charge is 2.29. The first-order valence-electron chi connectivity index (χ1n) is 6.74. The zero-order valence-corrected chi connectivity index (χ0v) is 11.2. The Hall–Kier alpha value is -0.970. The quantitative estimate of drug-likeness (QED) is 0.880. The predicted molar refractivity (Wildman–Crippen MR) is 72.2 cm³/mol. The van der Waals surface area contributed by atoms with Crippen LogP contribution in [0.25, 0.3) is 0 Å². The van der Waals surface area contributed by atoms with Gasteiger partial charge in [-0.25, -0.2) is 0 Å². The molecular formula is C14H23N3O. The van der Waals surface area contributed by atoms with Crippen LogP contribution in [0.4, 0.5) is 0 Å². The van der Waals surface area contributed by atoms with Gasteiger partial charge in [-0.3, -0.25) is 9.88 Å². The first-order valence-corrected chi connectivity index (χ1v) is 6.74. The number of morpholine rings is 1. The Kier molecular flexibility index (Phi) is 4.69. The molecule has 1 aromatic rings. The van der Waals surface area contributed by atoms with Crippen molar-refractivity contribution in [2.24, 2.45) is 5.73 Å². The summed E-state index contributed by atoms with van der Waals surface area (Å²) in [5.74, 6) is 0. The molecule has 2 heterocycles. The second-order valence-electron chi connectivity index (χ2n) is 4.95. The first kappa shape index (κ1) is 13.5. The summed E-state index contributed by atoms with van der Waals surface area (Å²) in [6.45, 7) is 6.87. The summed E-state index contributed by atoms with van der Waals surface area (Å²) in [6.07, 6.45) is 3.20. The van der Waals surface area contributed by atoms with Crippen molar-refractivity contribution in [1.29, 1.82) is 0 Å². The zero-order chi connectivity index (χ0) is 13.0. The highest BCUT2D eigenvalue weighted by Crippen LogP contribution is 2.24. The van der Waals surface area contributed by atoms with Gasteiger partial charge in [-0.05, 0) is 25.5 Å². The summed E-state index contributed by atoms with van der Waals surface area (Å²) >= 11 is 0. The summed E-state index contributed by atoms with van der Waals surface area (Å²) in [5, 5.41) is 0. The maximum atomic E-state index is 6.16. The Morgan fingerprint density at radius 2 is 2.39 bits per heavy atom. The van der Waals surface area contributed by atoms with Crippen LogP contribution in [0.15, 0.2) is 24.4 Å². The summed E-state index contributed by atoms with van der Waals surface area (Å²) in [6, 6.07) is 6.27. The molecule has 0 spiro atoms. The van der Waals surface area contributed by atoms with Gasteiger partial charge in [0.05, 0.1) is 24.4 Å². The van der Waals surface area contributed by atoms with Gasteiger partial charge in [0.1, 0.15) is 0 Å². The van der Waals surface area contributed by atoms with Gasteiger partial charge in [0, 0.05) is 25.3 Å². The Labute approximate surface area is 109 Å². The number of hydrogen-bond donors (Lipinski definition) is 1. The number of nitrogens with zero attached hydrogens (tertiary/aromatic N) is 2. The summed E-state index contributed by atoms with van der Waals surface area (Å²) in [7, 11) is 0. The topological polar surface area (TPSA) is 51.4 Å². The summed E-state index contributed by atoms with van der Waals surface area (Å²) < 4.78 is 5.72. The van der Waals surface area contributed by atoms with E-state index in [4.69, 9.17) is 10.5 Å². The Bertz CT molecular complexity index is 355. The van der Waals surface area contributed by atoms with Gasteiger partial charge in [-0.2, -0.15) is 0 Å². The zero-order valence-electron chi connectivity index (χ0n) is 11.2. The van der Waals surface area contributed by atoms with Gasteiger partial charge in [-0.1, -0.05) is 13.0 Å². The number of rotatable bonds is 4. The molecule has 1 fully saturated rings. The van der Waals surface area contributed by atoms with Gasteiger partial charge in [0.15, 0.2) is 0 Å². The standard InChI is InChI=1S/C14H23N3O/c1-3-12-10-17(8-9-18-12)14(11(2)15)13-6-4-5-7-16-13/h4-7,11-12,14H,3,8-10,15H2,1-2H3. The molecule has 2 rings (SSSR count). The average molecular weight is 249 g/mol. The minimum atomic E-state index is 0.0653. The third-order valence-electron chi connectivity index (χ3n) is 3.51. The molecule has 18 heavy (non-hydrogen) atoms. The highest BCUT2D eigenvalue weighted by atomic mass is 16.5. The molecule has 2 N–H and O–H groups in total. The Morgan fingerprint density at radius 3 is 3.00 bits per heavy atom. The van der Waals surface area contributed by atoms with E-state index in [0.29, 0.717) is 6.10 Å². The van der Waals surface area contributed by atoms with E-state index in [-0.39, 0.29) is 12.1 Å². The molecule has 3 atom stereocenters. The van der Waals surface area contributed by atoms with E-state index in [1.54, 1.807) is 0 Å². The van der Waals surface area contributed by atoms with E-state index in [9.17, 15) is 0 Å². The molecule has 3 unspecified atom stereocenters. The van der Waals surface area contributed by atoms with Crippen LogP contribution in [0.2, 0.25) is 0 Å². The second-order valence-corrected chi connectivity index (χ2v) is 4.95. The lowest BCUT2D eigenvalue weighted by atomic mass is 10.0. The van der Waals surface area contributed by atoms with Crippen molar-refractivity contribution in [3.05, 3.63) is 30.1 Å². The SMILES string of the molecule is CCC1CN(C(c2ccccn2)C(C)N)CCO1. The minimum absolute atomic E-state index is 0.0653. The van der Waals surface area contributed by atoms with Crippen molar-refractivity contribution in [3.8, 4) is 0 Å². The number of nitrogens with two attached hydrogens (primary N) is 1. The fourth-order valence-corrected chi connectivity index (χ4v) is 2.58. The summed E-state index contributed by atoms with van der Waals surface area (Å²) in [4.78, 5) is 6.87. The molecule has 0 aliphatic carbocycles. The molecular weight excluding hydrogens is 226 g/mol. The molecule has 0 radical (unpaired) electrons. The van der Waals surface area contributed by atoms with Gasteiger partial charge < -0.3 is 10.5 Å². The number of pyridine rings is 1. The van der Waals surface area contributed by atoms with Crippen molar-refractivity contribution in [2.45, 2.75) is 38.5 Å². The third kappa shape index (κ3) is 3.07. The monoisotopic (exact) mass is 249 g/mol. The lowest BCUT2D eigenvalue weighted by molar-refractivity contribution is -0.0483. The molecule has 1 aromatic heterocycles. The van der Waals surface area contributed by atoms with Crippen molar-refractivity contribution in [1.82, 2.24) is 9.88 Å². The molecule has 0 amide bonds. The normalized spacial score (nSPS) is 24.7. The molecule has 100 valence electrons. The van der Waals surface area contributed by atoms with Crippen LogP contribution < -0.4 is 5.73 Å². The van der Waals surface area contributed by atoms with Crippen molar-refractivity contribution < 1.29 is 4.74 Å². The molecule has 1 saturated heterocycles. The predicted octanol–water partition coefficient (Wildman–Crippen LogP) is 1.58. The van der Waals surface area contributed by atoms with Gasteiger partial charge in [-0.15, -0.1) is 0 Å². The van der Waals surface area contributed by atoms with Crippen LogP contribution in [0.5, 0.6) is 0 Å². The number of aromatic nitrogens is 1. The maximum Gasteiger partial charge on any atom is 0.0700 e. The van der Waals surface area contributed by atoms with E-state index in [2.05, 4.69) is 29.8 Å². The maximum absolute atomic E-state index is 6.16. The van der Waals surface area contributed by atoms with Gasteiger partial charge in [0.25, 0.3) is 0 Å². The van der Waals surface area contributed by atoms with Crippen LogP contribution in [-0.4, -0.2) is 41.7 Å². The fraction of sp³-hybridized carbons (Fsp3) is 0.643. The lowest BCUT2D eigenvalue weighted by Crippen LogP contribution is -2.48. The molecule has 4 heteroatoms. The van der Waals surface area contributed by atoms with E-state index in [1.165, 1.54) is 0 Å². The largest absolute Gasteiger partial charge is 0.376 e. The van der Waals surface area contributed by atoms with Crippen LogP contribution >= 0.6 is 0 Å². The molecule has 0 saturated carbocycles. The molecule has 1 aliphatic heterocycles. The van der Waals surface area contributed by atoms with Crippen LogP contribution in [0.3, 0.4) is 0 Å². The minimum Gasteiger partial charge on any atom is -0.376 e. The van der Waals surface area contributed by atoms with E-state index in [1.807, 2.05) is 18.3 Å². The van der Waals surface area contributed by atoms with Crippen molar-refractivity contribution in [3.63, 3.8) is 0 Å². The first-order chi connectivity index (χ1) is 8.72. The Balaban J connectivity index is 2.15. The van der Waals surface area contributed by atoms with E-state index in [0.717, 1.165) is 31.8 Å². The van der Waals surface area contributed by atoms with Gasteiger partial charge >= 0.3 is 0 Å². The molecule has 0 bridgehead atoms. The summed E-state index contributed by atoms with van der Waals surface area (Å²) in [5.41, 5.74) is 7.22. The third-order valence-corrected chi connectivity index (χ3v) is 3.51. The number of ether oxygens (including phenoxy) is 1. The van der Waals surface area contributed by atoms with E-state index >= 15 is 0 Å². The Morgan fingerprint density at radius 1 is 1.56 bits per heavy atom. The number of hydrogen-bond acceptors (Lipinski definition) is 4. The second kappa shape index (κ2) is 6.27. The molecule has 1 aliphatic rings. The van der Waals surface area contributed by atoms with Crippen molar-refractivity contribution in [2.75, 3.05) is 19.7 Å².